The van der Waals surface area contributed by atoms with Crippen LogP contribution in [0.2, 0.25) is 0 Å². The average molecular weight is 199 g/mol. The molecule has 4 heteroatoms. The molecule has 0 heterocycles. The molecule has 1 rings (SSSR count). The van der Waals surface area contributed by atoms with E-state index in [1.54, 1.807) is 13.0 Å². The lowest BCUT2D eigenvalue weighted by Gasteiger charge is -2.12. The fourth-order valence-electron chi connectivity index (χ4n) is 1.34. The average Bonchev–Trinajstić information content (AvgIpc) is 2.16. The van der Waals surface area contributed by atoms with Crippen LogP contribution >= 0.6 is 0 Å². The molecule has 3 N–H and O–H groups in total. The number of aliphatic hydroxyl groups excluding tert-OH is 1. The number of benzene rings is 1. The van der Waals surface area contributed by atoms with E-state index in [9.17, 15) is 4.39 Å². The highest BCUT2D eigenvalue weighted by Crippen LogP contribution is 2.25. The van der Waals surface area contributed by atoms with Crippen LogP contribution in [0, 0.1) is 12.7 Å². The Labute approximate surface area is 82.3 Å². The quantitative estimate of drug-likeness (QED) is 0.767. The number of aryl methyl sites for hydroxylation is 1. The van der Waals surface area contributed by atoms with Gasteiger partial charge in [-0.05, 0) is 24.1 Å². The van der Waals surface area contributed by atoms with Gasteiger partial charge in [0.1, 0.15) is 0 Å². The Morgan fingerprint density at radius 3 is 2.64 bits per heavy atom. The summed E-state index contributed by atoms with van der Waals surface area (Å²) in [5, 5.41) is 8.82. The van der Waals surface area contributed by atoms with Crippen molar-refractivity contribution in [2.75, 3.05) is 13.7 Å². The molecule has 0 aromatic heterocycles. The predicted octanol–water partition coefficient (Wildman–Crippen LogP) is 1.13. The molecule has 3 nitrogen and oxygen atoms in total. The van der Waals surface area contributed by atoms with Crippen LogP contribution in [-0.2, 0) is 0 Å². The highest BCUT2D eigenvalue weighted by atomic mass is 19.1. The van der Waals surface area contributed by atoms with E-state index in [0.29, 0.717) is 11.1 Å². The van der Waals surface area contributed by atoms with Crippen molar-refractivity contribution in [3.8, 4) is 5.75 Å². The van der Waals surface area contributed by atoms with Crippen LogP contribution in [0.15, 0.2) is 12.1 Å². The lowest BCUT2D eigenvalue weighted by atomic mass is 10.0. The Kier molecular flexibility index (Phi) is 3.43. The molecule has 0 spiro atoms. The lowest BCUT2D eigenvalue weighted by molar-refractivity contribution is 0.267. The van der Waals surface area contributed by atoms with Gasteiger partial charge in [0.2, 0.25) is 0 Å². The van der Waals surface area contributed by atoms with Crippen LogP contribution in [0.4, 0.5) is 4.39 Å². The van der Waals surface area contributed by atoms with Crippen molar-refractivity contribution >= 4 is 0 Å². The molecule has 14 heavy (non-hydrogen) atoms. The molecule has 78 valence electrons. The third-order valence-electron chi connectivity index (χ3n) is 2.08. The second kappa shape index (κ2) is 4.39. The Hall–Kier alpha value is -1.13. The summed E-state index contributed by atoms with van der Waals surface area (Å²) < 4.78 is 18.2. The number of aliphatic hydroxyl groups is 1. The number of hydrogen-bond donors (Lipinski definition) is 2. The molecule has 1 atom stereocenters. The van der Waals surface area contributed by atoms with Crippen LogP contribution in [0.5, 0.6) is 5.75 Å². The maximum atomic E-state index is 13.3. The molecule has 0 aliphatic carbocycles. The molecular formula is C10H14FNO2. The minimum absolute atomic E-state index is 0.203. The number of nitrogens with two attached hydrogens (primary N) is 1. The normalized spacial score (nSPS) is 12.6. The lowest BCUT2D eigenvalue weighted by Crippen LogP contribution is -2.15. The summed E-state index contributed by atoms with van der Waals surface area (Å²) in [5.41, 5.74) is 6.81. The summed E-state index contributed by atoms with van der Waals surface area (Å²) in [6.07, 6.45) is 0. The van der Waals surface area contributed by atoms with Crippen molar-refractivity contribution in [3.63, 3.8) is 0 Å². The third-order valence-corrected chi connectivity index (χ3v) is 2.08. The molecule has 0 aliphatic heterocycles. The first-order valence-electron chi connectivity index (χ1n) is 4.30. The van der Waals surface area contributed by atoms with Gasteiger partial charge in [0.05, 0.1) is 19.8 Å². The SMILES string of the molecule is COc1c(C)cc(C(N)CO)cc1F. The summed E-state index contributed by atoms with van der Waals surface area (Å²) in [6, 6.07) is 2.45. The second-order valence-corrected chi connectivity index (χ2v) is 3.14. The Morgan fingerprint density at radius 2 is 2.21 bits per heavy atom. The topological polar surface area (TPSA) is 55.5 Å². The smallest absolute Gasteiger partial charge is 0.165 e. The Morgan fingerprint density at radius 1 is 1.57 bits per heavy atom. The van der Waals surface area contributed by atoms with Gasteiger partial charge in [0, 0.05) is 0 Å². The van der Waals surface area contributed by atoms with Crippen molar-refractivity contribution in [1.82, 2.24) is 0 Å². The fraction of sp³-hybridized carbons (Fsp3) is 0.400. The van der Waals surface area contributed by atoms with Gasteiger partial charge in [-0.25, -0.2) is 4.39 Å². The van der Waals surface area contributed by atoms with Gasteiger partial charge in [-0.2, -0.15) is 0 Å². The maximum absolute atomic E-state index is 13.3. The van der Waals surface area contributed by atoms with Crippen molar-refractivity contribution in [2.24, 2.45) is 5.73 Å². The summed E-state index contributed by atoms with van der Waals surface area (Å²) in [4.78, 5) is 0. The summed E-state index contributed by atoms with van der Waals surface area (Å²) in [5.74, 6) is -0.231. The maximum Gasteiger partial charge on any atom is 0.165 e. The molecule has 0 bridgehead atoms. The molecule has 1 aromatic rings. The molecule has 0 amide bonds. The number of ether oxygens (including phenoxy) is 1. The monoisotopic (exact) mass is 199 g/mol. The molecule has 1 aromatic carbocycles. The zero-order valence-electron chi connectivity index (χ0n) is 8.25. The van der Waals surface area contributed by atoms with Crippen LogP contribution in [0.25, 0.3) is 0 Å². The number of hydrogen-bond acceptors (Lipinski definition) is 3. The zero-order valence-corrected chi connectivity index (χ0v) is 8.25. The van der Waals surface area contributed by atoms with E-state index in [1.807, 2.05) is 0 Å². The van der Waals surface area contributed by atoms with E-state index in [1.165, 1.54) is 13.2 Å². The van der Waals surface area contributed by atoms with E-state index in [2.05, 4.69) is 0 Å². The van der Waals surface area contributed by atoms with Gasteiger partial charge in [-0.3, -0.25) is 0 Å². The van der Waals surface area contributed by atoms with Gasteiger partial charge in [-0.1, -0.05) is 6.07 Å². The van der Waals surface area contributed by atoms with Gasteiger partial charge < -0.3 is 15.6 Å². The predicted molar refractivity (Wildman–Crippen MR) is 51.7 cm³/mol. The standard InChI is InChI=1S/C10H14FNO2/c1-6-3-7(9(12)5-13)4-8(11)10(6)14-2/h3-4,9,13H,5,12H2,1-2H3. The number of methoxy groups -OCH3 is 1. The number of rotatable bonds is 3. The van der Waals surface area contributed by atoms with Crippen molar-refractivity contribution in [1.29, 1.82) is 0 Å². The van der Waals surface area contributed by atoms with Gasteiger partial charge >= 0.3 is 0 Å². The first kappa shape index (κ1) is 10.9. The minimum atomic E-state index is -0.547. The number of halogens is 1. The second-order valence-electron chi connectivity index (χ2n) is 3.14. The molecule has 0 fully saturated rings. The molecule has 0 aliphatic rings. The minimum Gasteiger partial charge on any atom is -0.493 e. The molecule has 0 saturated carbocycles. The Balaban J connectivity index is 3.13. The van der Waals surface area contributed by atoms with Crippen LogP contribution < -0.4 is 10.5 Å². The van der Waals surface area contributed by atoms with Crippen molar-refractivity contribution in [3.05, 3.63) is 29.1 Å². The molecular weight excluding hydrogens is 185 g/mol. The van der Waals surface area contributed by atoms with E-state index in [4.69, 9.17) is 15.6 Å². The van der Waals surface area contributed by atoms with E-state index < -0.39 is 11.9 Å². The van der Waals surface area contributed by atoms with Crippen LogP contribution in [0.3, 0.4) is 0 Å². The van der Waals surface area contributed by atoms with E-state index in [0.717, 1.165) is 0 Å². The summed E-state index contributed by atoms with van der Waals surface area (Å²) >= 11 is 0. The highest BCUT2D eigenvalue weighted by molar-refractivity contribution is 5.38. The first-order chi connectivity index (χ1) is 6.60. The molecule has 0 saturated heterocycles. The largest absolute Gasteiger partial charge is 0.493 e. The third kappa shape index (κ3) is 2.02. The fourth-order valence-corrected chi connectivity index (χ4v) is 1.34. The van der Waals surface area contributed by atoms with E-state index >= 15 is 0 Å². The highest BCUT2D eigenvalue weighted by Gasteiger charge is 2.12. The zero-order chi connectivity index (χ0) is 10.7. The van der Waals surface area contributed by atoms with Gasteiger partial charge in [0.15, 0.2) is 11.6 Å². The van der Waals surface area contributed by atoms with Crippen LogP contribution in [-0.4, -0.2) is 18.8 Å². The Bertz CT molecular complexity index is 305. The van der Waals surface area contributed by atoms with Crippen LogP contribution in [0.1, 0.15) is 17.2 Å². The summed E-state index contributed by atoms with van der Waals surface area (Å²) in [7, 11) is 1.41. The summed E-state index contributed by atoms with van der Waals surface area (Å²) in [6.45, 7) is 1.53. The van der Waals surface area contributed by atoms with E-state index in [-0.39, 0.29) is 12.4 Å². The molecule has 0 radical (unpaired) electrons. The van der Waals surface area contributed by atoms with Crippen molar-refractivity contribution < 1.29 is 14.2 Å². The van der Waals surface area contributed by atoms with Gasteiger partial charge in [-0.15, -0.1) is 0 Å². The van der Waals surface area contributed by atoms with Crippen molar-refractivity contribution in [2.45, 2.75) is 13.0 Å². The van der Waals surface area contributed by atoms with Gasteiger partial charge in [0.25, 0.3) is 0 Å². The molecule has 1 unspecified atom stereocenters. The first-order valence-corrected chi connectivity index (χ1v) is 4.30.